The maximum absolute atomic E-state index is 11.4. The Balaban J connectivity index is 3.11. The Hall–Kier alpha value is -0.570. The highest BCUT2D eigenvalue weighted by molar-refractivity contribution is 6.42. The fourth-order valence-corrected chi connectivity index (χ4v) is 1.72. The number of hydrogen-bond acceptors (Lipinski definition) is 2. The van der Waals surface area contributed by atoms with E-state index >= 15 is 0 Å². The molecule has 0 aliphatic carbocycles. The molecule has 0 N–H and O–H groups in total. The summed E-state index contributed by atoms with van der Waals surface area (Å²) < 4.78 is 5.33. The molecule has 4 heteroatoms. The monoisotopic (exact) mass is 246 g/mol. The van der Waals surface area contributed by atoms with Crippen molar-refractivity contribution in [2.45, 2.75) is 20.0 Å². The van der Waals surface area contributed by atoms with Crippen LogP contribution in [0.25, 0.3) is 0 Å². The summed E-state index contributed by atoms with van der Waals surface area (Å²) in [5.74, 6) is -0.0824. The van der Waals surface area contributed by atoms with Crippen molar-refractivity contribution in [2.24, 2.45) is 0 Å². The number of ether oxygens (including phenoxy) is 1. The third-order valence-corrected chi connectivity index (χ3v) is 2.80. The van der Waals surface area contributed by atoms with Crippen molar-refractivity contribution in [3.63, 3.8) is 0 Å². The van der Waals surface area contributed by atoms with Crippen LogP contribution in [0.2, 0.25) is 10.0 Å². The molecule has 0 saturated heterocycles. The summed E-state index contributed by atoms with van der Waals surface area (Å²) in [5, 5.41) is 0.813. The van der Waals surface area contributed by atoms with Crippen molar-refractivity contribution >= 4 is 29.0 Å². The first-order valence-electron chi connectivity index (χ1n) is 4.63. The first-order chi connectivity index (χ1) is 7.07. The van der Waals surface area contributed by atoms with Crippen LogP contribution in [0.3, 0.4) is 0 Å². The molecule has 1 aromatic rings. The lowest BCUT2D eigenvalue weighted by molar-refractivity contribution is -0.128. The Morgan fingerprint density at radius 1 is 1.47 bits per heavy atom. The van der Waals surface area contributed by atoms with E-state index in [0.29, 0.717) is 22.2 Å². The maximum Gasteiger partial charge on any atom is 0.163 e. The van der Waals surface area contributed by atoms with Gasteiger partial charge in [0.25, 0.3) is 0 Å². The van der Waals surface area contributed by atoms with E-state index in [0.717, 1.165) is 0 Å². The van der Waals surface area contributed by atoms with Crippen molar-refractivity contribution in [3.05, 3.63) is 33.8 Å². The fraction of sp³-hybridized carbons (Fsp3) is 0.364. The molecule has 0 amide bonds. The Morgan fingerprint density at radius 2 is 2.13 bits per heavy atom. The number of benzene rings is 1. The zero-order valence-electron chi connectivity index (χ0n) is 8.59. The highest BCUT2D eigenvalue weighted by Crippen LogP contribution is 2.31. The third-order valence-electron chi connectivity index (χ3n) is 1.97. The van der Waals surface area contributed by atoms with Gasteiger partial charge in [0.05, 0.1) is 10.0 Å². The lowest BCUT2D eigenvalue weighted by Crippen LogP contribution is -2.13. The van der Waals surface area contributed by atoms with Gasteiger partial charge in [0.15, 0.2) is 5.78 Å². The minimum absolute atomic E-state index is 0.0824. The van der Waals surface area contributed by atoms with Gasteiger partial charge in [-0.3, -0.25) is 4.79 Å². The Bertz CT molecular complexity index is 364. The highest BCUT2D eigenvalue weighted by Gasteiger charge is 2.20. The van der Waals surface area contributed by atoms with Crippen molar-refractivity contribution < 1.29 is 9.53 Å². The van der Waals surface area contributed by atoms with Gasteiger partial charge in [-0.05, 0) is 19.9 Å². The Labute approximate surface area is 99.1 Å². The minimum atomic E-state index is -0.624. The summed E-state index contributed by atoms with van der Waals surface area (Å²) in [6, 6.07) is 5.17. The minimum Gasteiger partial charge on any atom is -0.366 e. The smallest absolute Gasteiger partial charge is 0.163 e. The molecule has 1 aromatic carbocycles. The molecular weight excluding hydrogens is 235 g/mol. The van der Waals surface area contributed by atoms with E-state index < -0.39 is 6.10 Å². The number of carbonyl (C=O) groups is 1. The van der Waals surface area contributed by atoms with Crippen LogP contribution in [-0.4, -0.2) is 12.4 Å². The van der Waals surface area contributed by atoms with Crippen LogP contribution >= 0.6 is 23.2 Å². The van der Waals surface area contributed by atoms with Crippen LogP contribution in [0.15, 0.2) is 18.2 Å². The third kappa shape index (κ3) is 2.94. The summed E-state index contributed by atoms with van der Waals surface area (Å²) in [4.78, 5) is 11.4. The lowest BCUT2D eigenvalue weighted by Gasteiger charge is -2.16. The van der Waals surface area contributed by atoms with E-state index in [-0.39, 0.29) is 5.78 Å². The second kappa shape index (κ2) is 5.50. The molecule has 82 valence electrons. The molecule has 1 atom stereocenters. The van der Waals surface area contributed by atoms with Gasteiger partial charge in [-0.25, -0.2) is 0 Å². The normalized spacial score (nSPS) is 12.5. The van der Waals surface area contributed by atoms with Gasteiger partial charge in [0.2, 0.25) is 0 Å². The molecule has 15 heavy (non-hydrogen) atoms. The maximum atomic E-state index is 11.4. The molecule has 1 unspecified atom stereocenters. The van der Waals surface area contributed by atoms with Crippen LogP contribution in [0.4, 0.5) is 0 Å². The van der Waals surface area contributed by atoms with Crippen molar-refractivity contribution in [1.82, 2.24) is 0 Å². The van der Waals surface area contributed by atoms with Gasteiger partial charge in [-0.1, -0.05) is 35.3 Å². The van der Waals surface area contributed by atoms with Gasteiger partial charge in [-0.15, -0.1) is 0 Å². The van der Waals surface area contributed by atoms with Crippen LogP contribution in [0.5, 0.6) is 0 Å². The first kappa shape index (κ1) is 12.5. The van der Waals surface area contributed by atoms with E-state index in [1.165, 1.54) is 6.92 Å². The van der Waals surface area contributed by atoms with Crippen molar-refractivity contribution in [2.75, 3.05) is 6.61 Å². The zero-order chi connectivity index (χ0) is 11.4. The molecule has 0 heterocycles. The predicted molar refractivity (Wildman–Crippen MR) is 61.5 cm³/mol. The SMILES string of the molecule is CCOC(C(C)=O)c1cccc(Cl)c1Cl. The molecule has 0 saturated carbocycles. The van der Waals surface area contributed by atoms with Gasteiger partial charge < -0.3 is 4.74 Å². The molecule has 2 nitrogen and oxygen atoms in total. The Kier molecular flexibility index (Phi) is 4.58. The average molecular weight is 247 g/mol. The largest absolute Gasteiger partial charge is 0.366 e. The fourth-order valence-electron chi connectivity index (χ4n) is 1.32. The Morgan fingerprint density at radius 3 is 2.67 bits per heavy atom. The lowest BCUT2D eigenvalue weighted by atomic mass is 10.1. The standard InChI is InChI=1S/C11H12Cl2O2/c1-3-15-11(7(2)14)8-5-4-6-9(12)10(8)13/h4-6,11H,3H2,1-2H3. The summed E-state index contributed by atoms with van der Waals surface area (Å²) in [5.41, 5.74) is 0.624. The van der Waals surface area contributed by atoms with Crippen LogP contribution < -0.4 is 0 Å². The van der Waals surface area contributed by atoms with Crippen LogP contribution in [-0.2, 0) is 9.53 Å². The second-order valence-electron chi connectivity index (χ2n) is 3.09. The first-order valence-corrected chi connectivity index (χ1v) is 5.39. The van der Waals surface area contributed by atoms with Gasteiger partial charge in [0.1, 0.15) is 6.10 Å². The van der Waals surface area contributed by atoms with E-state index in [1.807, 2.05) is 6.92 Å². The molecule has 0 bridgehead atoms. The van der Waals surface area contributed by atoms with Crippen LogP contribution in [0, 0.1) is 0 Å². The highest BCUT2D eigenvalue weighted by atomic mass is 35.5. The summed E-state index contributed by atoms with van der Waals surface area (Å²) >= 11 is 11.9. The van der Waals surface area contributed by atoms with E-state index in [9.17, 15) is 4.79 Å². The number of rotatable bonds is 4. The predicted octanol–water partition coefficient (Wildman–Crippen LogP) is 3.66. The topological polar surface area (TPSA) is 26.3 Å². The van der Waals surface area contributed by atoms with E-state index in [4.69, 9.17) is 27.9 Å². The zero-order valence-corrected chi connectivity index (χ0v) is 10.1. The number of carbonyl (C=O) groups excluding carboxylic acids is 1. The number of Topliss-reactive ketones (excluding diaryl/α,β-unsaturated/α-hetero) is 1. The molecule has 0 fully saturated rings. The average Bonchev–Trinajstić information content (AvgIpc) is 2.19. The van der Waals surface area contributed by atoms with Crippen molar-refractivity contribution in [1.29, 1.82) is 0 Å². The number of ketones is 1. The summed E-state index contributed by atoms with van der Waals surface area (Å²) in [7, 11) is 0. The molecule has 0 aliphatic rings. The van der Waals surface area contributed by atoms with Crippen LogP contribution in [0.1, 0.15) is 25.5 Å². The molecule has 0 aliphatic heterocycles. The molecule has 0 spiro atoms. The van der Waals surface area contributed by atoms with Crippen molar-refractivity contribution in [3.8, 4) is 0 Å². The molecule has 0 radical (unpaired) electrons. The molecular formula is C11H12Cl2O2. The molecule has 0 aromatic heterocycles. The van der Waals surface area contributed by atoms with Gasteiger partial charge in [0, 0.05) is 12.2 Å². The van der Waals surface area contributed by atoms with E-state index in [2.05, 4.69) is 0 Å². The number of halogens is 2. The van der Waals surface area contributed by atoms with Gasteiger partial charge in [-0.2, -0.15) is 0 Å². The van der Waals surface area contributed by atoms with E-state index in [1.54, 1.807) is 18.2 Å². The molecule has 1 rings (SSSR count). The van der Waals surface area contributed by atoms with Gasteiger partial charge >= 0.3 is 0 Å². The second-order valence-corrected chi connectivity index (χ2v) is 3.87. The number of hydrogen-bond donors (Lipinski definition) is 0. The quantitative estimate of drug-likeness (QED) is 0.811. The summed E-state index contributed by atoms with van der Waals surface area (Å²) in [6.45, 7) is 3.75. The summed E-state index contributed by atoms with van der Waals surface area (Å²) in [6.07, 6.45) is -0.624.